The first kappa shape index (κ1) is 14.3. The maximum Gasteiger partial charge on any atom is 0.165 e. The average molecular weight is 265 g/mol. The van der Waals surface area contributed by atoms with Crippen LogP contribution in [0.5, 0.6) is 5.75 Å². The first-order valence-corrected chi connectivity index (χ1v) is 7.27. The molecule has 0 amide bonds. The quantitative estimate of drug-likeness (QED) is 0.837. The van der Waals surface area contributed by atoms with Crippen LogP contribution in [0.15, 0.2) is 18.2 Å². The zero-order chi connectivity index (χ0) is 13.7. The van der Waals surface area contributed by atoms with Crippen LogP contribution in [0, 0.1) is 11.7 Å². The molecular weight excluding hydrogens is 241 g/mol. The van der Waals surface area contributed by atoms with E-state index < -0.39 is 0 Å². The van der Waals surface area contributed by atoms with Crippen LogP contribution >= 0.6 is 0 Å². The summed E-state index contributed by atoms with van der Waals surface area (Å²) in [5.74, 6) is 0.915. The third-order valence-electron chi connectivity index (χ3n) is 4.15. The van der Waals surface area contributed by atoms with E-state index in [0.29, 0.717) is 5.75 Å². The third kappa shape index (κ3) is 3.93. The number of hydrogen-bond donors (Lipinski definition) is 1. The molecule has 1 aliphatic rings. The molecule has 1 aromatic rings. The van der Waals surface area contributed by atoms with E-state index in [1.165, 1.54) is 39.2 Å². The Labute approximate surface area is 115 Å². The molecule has 1 fully saturated rings. The Morgan fingerprint density at radius 3 is 2.74 bits per heavy atom. The lowest BCUT2D eigenvalue weighted by Gasteiger charge is -2.16. The Bertz CT molecular complexity index is 402. The van der Waals surface area contributed by atoms with Crippen molar-refractivity contribution in [2.45, 2.75) is 45.1 Å². The molecule has 1 aliphatic carbocycles. The Kier molecular flexibility index (Phi) is 5.20. The van der Waals surface area contributed by atoms with Crippen molar-refractivity contribution in [2.24, 2.45) is 5.92 Å². The molecule has 1 atom stereocenters. The fourth-order valence-electron chi connectivity index (χ4n) is 2.87. The monoisotopic (exact) mass is 265 g/mol. The van der Waals surface area contributed by atoms with Crippen molar-refractivity contribution < 1.29 is 9.13 Å². The fourth-order valence-corrected chi connectivity index (χ4v) is 2.87. The molecule has 0 radical (unpaired) electrons. The normalized spacial score (nSPS) is 17.6. The number of hydrogen-bond acceptors (Lipinski definition) is 2. The second-order valence-corrected chi connectivity index (χ2v) is 5.51. The molecule has 19 heavy (non-hydrogen) atoms. The fraction of sp³-hybridized carbons (Fsp3) is 0.625. The zero-order valence-corrected chi connectivity index (χ0v) is 11.9. The van der Waals surface area contributed by atoms with Crippen LogP contribution in [0.3, 0.4) is 0 Å². The van der Waals surface area contributed by atoms with E-state index in [1.807, 2.05) is 6.07 Å². The van der Waals surface area contributed by atoms with Gasteiger partial charge in [-0.2, -0.15) is 0 Å². The number of ether oxygens (including phenoxy) is 1. The van der Waals surface area contributed by atoms with E-state index in [1.54, 1.807) is 12.1 Å². The molecule has 2 nitrogen and oxygen atoms in total. The van der Waals surface area contributed by atoms with Gasteiger partial charge in [-0.05, 0) is 43.5 Å². The van der Waals surface area contributed by atoms with Crippen molar-refractivity contribution >= 4 is 0 Å². The van der Waals surface area contributed by atoms with Crippen LogP contribution in [-0.2, 0) is 0 Å². The van der Waals surface area contributed by atoms with Gasteiger partial charge in [-0.3, -0.25) is 0 Å². The first-order chi connectivity index (χ1) is 9.20. The van der Waals surface area contributed by atoms with Gasteiger partial charge in [0.2, 0.25) is 0 Å². The van der Waals surface area contributed by atoms with Crippen LogP contribution in [0.25, 0.3) is 0 Å². The molecule has 1 saturated carbocycles. The maximum absolute atomic E-state index is 13.6. The molecule has 0 aliphatic heterocycles. The lowest BCUT2D eigenvalue weighted by molar-refractivity contribution is 0.385. The van der Waals surface area contributed by atoms with Crippen LogP contribution in [0.1, 0.15) is 50.6 Å². The first-order valence-electron chi connectivity index (χ1n) is 7.27. The highest BCUT2D eigenvalue weighted by Gasteiger charge is 2.15. The summed E-state index contributed by atoms with van der Waals surface area (Å²) in [7, 11) is 1.49. The van der Waals surface area contributed by atoms with Gasteiger partial charge >= 0.3 is 0 Å². The number of nitrogens with one attached hydrogen (secondary N) is 1. The van der Waals surface area contributed by atoms with Crippen LogP contribution in [0.2, 0.25) is 0 Å². The molecule has 3 heteroatoms. The highest BCUT2D eigenvalue weighted by Crippen LogP contribution is 2.27. The molecule has 0 heterocycles. The number of benzene rings is 1. The maximum atomic E-state index is 13.6. The minimum atomic E-state index is -0.288. The molecule has 106 valence electrons. The van der Waals surface area contributed by atoms with E-state index in [4.69, 9.17) is 4.74 Å². The smallest absolute Gasteiger partial charge is 0.165 e. The minimum absolute atomic E-state index is 0.182. The van der Waals surface area contributed by atoms with Crippen LogP contribution in [-0.4, -0.2) is 13.7 Å². The minimum Gasteiger partial charge on any atom is -0.494 e. The molecule has 1 aromatic carbocycles. The molecule has 1 unspecified atom stereocenters. The highest BCUT2D eigenvalue weighted by molar-refractivity contribution is 5.30. The van der Waals surface area contributed by atoms with Gasteiger partial charge in [0.1, 0.15) is 0 Å². The number of methoxy groups -OCH3 is 1. The molecule has 0 aromatic heterocycles. The van der Waals surface area contributed by atoms with Gasteiger partial charge in [0.15, 0.2) is 11.6 Å². The Hall–Kier alpha value is -1.09. The van der Waals surface area contributed by atoms with E-state index >= 15 is 0 Å². The Morgan fingerprint density at radius 2 is 2.11 bits per heavy atom. The Morgan fingerprint density at radius 1 is 1.37 bits per heavy atom. The molecule has 0 saturated heterocycles. The Balaban J connectivity index is 1.81. The summed E-state index contributed by atoms with van der Waals surface area (Å²) < 4.78 is 18.6. The van der Waals surface area contributed by atoms with Crippen LogP contribution < -0.4 is 10.1 Å². The van der Waals surface area contributed by atoms with Crippen molar-refractivity contribution in [1.29, 1.82) is 0 Å². The second kappa shape index (κ2) is 6.90. The summed E-state index contributed by atoms with van der Waals surface area (Å²) in [6.45, 7) is 3.09. The van der Waals surface area contributed by atoms with Crippen LogP contribution in [0.4, 0.5) is 4.39 Å². The molecule has 1 N–H and O–H groups in total. The predicted molar refractivity (Wildman–Crippen MR) is 75.9 cm³/mol. The van der Waals surface area contributed by atoms with Crippen molar-refractivity contribution in [1.82, 2.24) is 5.32 Å². The van der Waals surface area contributed by atoms with Crippen molar-refractivity contribution in [2.75, 3.05) is 13.7 Å². The van der Waals surface area contributed by atoms with Crippen molar-refractivity contribution in [3.8, 4) is 5.75 Å². The molecule has 0 spiro atoms. The topological polar surface area (TPSA) is 21.3 Å². The summed E-state index contributed by atoms with van der Waals surface area (Å²) in [5, 5.41) is 3.48. The van der Waals surface area contributed by atoms with Gasteiger partial charge in [0.05, 0.1) is 7.11 Å². The SMILES string of the molecule is COc1ccc(C(C)NCCC2CCCC2)cc1F. The van der Waals surface area contributed by atoms with E-state index in [2.05, 4.69) is 12.2 Å². The van der Waals surface area contributed by atoms with E-state index in [-0.39, 0.29) is 11.9 Å². The van der Waals surface area contributed by atoms with E-state index in [9.17, 15) is 4.39 Å². The van der Waals surface area contributed by atoms with Crippen molar-refractivity contribution in [3.63, 3.8) is 0 Å². The van der Waals surface area contributed by atoms with Gasteiger partial charge in [-0.25, -0.2) is 4.39 Å². The summed E-state index contributed by atoms with van der Waals surface area (Å²) in [4.78, 5) is 0. The molecular formula is C16H24FNO. The zero-order valence-electron chi connectivity index (χ0n) is 11.9. The standard InChI is InChI=1S/C16H24FNO/c1-12(18-10-9-13-5-3-4-6-13)14-7-8-16(19-2)15(17)11-14/h7-8,11-13,18H,3-6,9-10H2,1-2H3. The van der Waals surface area contributed by atoms with Gasteiger partial charge < -0.3 is 10.1 Å². The summed E-state index contributed by atoms with van der Waals surface area (Å²) in [5.41, 5.74) is 0.977. The van der Waals surface area contributed by atoms with Crippen molar-refractivity contribution in [3.05, 3.63) is 29.6 Å². The third-order valence-corrected chi connectivity index (χ3v) is 4.15. The summed E-state index contributed by atoms with van der Waals surface area (Å²) in [6, 6.07) is 5.36. The molecule has 2 rings (SSSR count). The summed E-state index contributed by atoms with van der Waals surface area (Å²) >= 11 is 0. The lowest BCUT2D eigenvalue weighted by atomic mass is 10.0. The van der Waals surface area contributed by atoms with Gasteiger partial charge in [-0.1, -0.05) is 31.7 Å². The average Bonchev–Trinajstić information content (AvgIpc) is 2.91. The largest absolute Gasteiger partial charge is 0.494 e. The van der Waals surface area contributed by atoms with E-state index in [0.717, 1.165) is 18.0 Å². The number of halogens is 1. The second-order valence-electron chi connectivity index (χ2n) is 5.51. The van der Waals surface area contributed by atoms with Gasteiger partial charge in [0, 0.05) is 6.04 Å². The molecule has 0 bridgehead atoms. The lowest BCUT2D eigenvalue weighted by Crippen LogP contribution is -2.21. The number of rotatable bonds is 6. The van der Waals surface area contributed by atoms with Gasteiger partial charge in [-0.15, -0.1) is 0 Å². The van der Waals surface area contributed by atoms with Gasteiger partial charge in [0.25, 0.3) is 0 Å². The summed E-state index contributed by atoms with van der Waals surface area (Å²) in [6.07, 6.45) is 6.79. The highest BCUT2D eigenvalue weighted by atomic mass is 19.1. The predicted octanol–water partition coefficient (Wildman–Crippen LogP) is 4.07.